The third-order valence-corrected chi connectivity index (χ3v) is 4.16. The molecule has 1 atom stereocenters. The van der Waals surface area contributed by atoms with Crippen molar-refractivity contribution >= 4 is 11.1 Å². The number of hydrogen-bond donors (Lipinski definition) is 1. The summed E-state index contributed by atoms with van der Waals surface area (Å²) in [6.45, 7) is 2.77. The number of nitrogens with one attached hydrogen (secondary N) is 1. The van der Waals surface area contributed by atoms with Gasteiger partial charge in [-0.1, -0.05) is 25.8 Å². The largest absolute Gasteiger partial charge is 0.419 e. The van der Waals surface area contributed by atoms with Crippen molar-refractivity contribution in [2.24, 2.45) is 5.92 Å². The van der Waals surface area contributed by atoms with Gasteiger partial charge in [0.1, 0.15) is 0 Å². The maximum absolute atomic E-state index is 11.8. The summed E-state index contributed by atoms with van der Waals surface area (Å²) in [6.07, 6.45) is 4.80. The summed E-state index contributed by atoms with van der Waals surface area (Å²) in [7, 11) is 2.00. The normalized spacial score (nSPS) is 16.7. The molecule has 1 aliphatic carbocycles. The zero-order chi connectivity index (χ0) is 14.1. The van der Waals surface area contributed by atoms with Gasteiger partial charge in [-0.05, 0) is 43.5 Å². The Labute approximate surface area is 118 Å². The lowest BCUT2D eigenvalue weighted by atomic mass is 10.0. The van der Waals surface area contributed by atoms with Crippen molar-refractivity contribution in [1.29, 1.82) is 0 Å². The minimum atomic E-state index is -0.248. The maximum Gasteiger partial charge on any atom is 0.419 e. The predicted octanol–water partition coefficient (Wildman–Crippen LogP) is 3.07. The first-order chi connectivity index (χ1) is 9.72. The number of hydrogen-bond acceptors (Lipinski definition) is 3. The van der Waals surface area contributed by atoms with Crippen molar-refractivity contribution in [2.45, 2.75) is 45.2 Å². The Hall–Kier alpha value is -1.55. The molecule has 0 spiro atoms. The van der Waals surface area contributed by atoms with Gasteiger partial charge in [0, 0.05) is 12.6 Å². The van der Waals surface area contributed by atoms with Gasteiger partial charge in [0.15, 0.2) is 5.58 Å². The molecule has 1 saturated carbocycles. The van der Waals surface area contributed by atoms with Crippen LogP contribution in [0, 0.1) is 5.92 Å². The molecule has 4 heteroatoms. The number of nitrogens with zero attached hydrogens (tertiary/aromatic N) is 1. The molecule has 4 nitrogen and oxygen atoms in total. The molecule has 0 bridgehead atoms. The third kappa shape index (κ3) is 2.52. The van der Waals surface area contributed by atoms with Gasteiger partial charge in [-0.3, -0.25) is 4.57 Å². The summed E-state index contributed by atoms with van der Waals surface area (Å²) in [4.78, 5) is 11.8. The van der Waals surface area contributed by atoms with Crippen molar-refractivity contribution < 1.29 is 4.42 Å². The minimum Gasteiger partial charge on any atom is -0.408 e. The molecule has 1 N–H and O–H groups in total. The van der Waals surface area contributed by atoms with Crippen LogP contribution >= 0.6 is 0 Å². The second-order valence-corrected chi connectivity index (χ2v) is 5.77. The van der Waals surface area contributed by atoms with Gasteiger partial charge in [-0.15, -0.1) is 0 Å². The zero-order valence-electron chi connectivity index (χ0n) is 12.2. The molecule has 3 rings (SSSR count). The predicted molar refractivity (Wildman–Crippen MR) is 79.9 cm³/mol. The molecule has 1 heterocycles. The number of aromatic nitrogens is 1. The molecule has 0 aliphatic heterocycles. The van der Waals surface area contributed by atoms with E-state index in [1.165, 1.54) is 24.8 Å². The highest BCUT2D eigenvalue weighted by Crippen LogP contribution is 2.37. The minimum absolute atomic E-state index is 0.248. The molecule has 1 aromatic carbocycles. The Morgan fingerprint density at radius 1 is 1.45 bits per heavy atom. The van der Waals surface area contributed by atoms with Crippen LogP contribution in [0.1, 0.15) is 44.2 Å². The van der Waals surface area contributed by atoms with Crippen molar-refractivity contribution in [3.63, 3.8) is 0 Å². The van der Waals surface area contributed by atoms with E-state index in [1.54, 1.807) is 4.57 Å². The van der Waals surface area contributed by atoms with Crippen LogP contribution in [0.25, 0.3) is 11.1 Å². The van der Waals surface area contributed by atoms with Gasteiger partial charge in [0.2, 0.25) is 0 Å². The summed E-state index contributed by atoms with van der Waals surface area (Å²) in [5.41, 5.74) is 2.82. The fourth-order valence-electron chi connectivity index (χ4n) is 2.84. The van der Waals surface area contributed by atoms with Crippen LogP contribution in [0.3, 0.4) is 0 Å². The van der Waals surface area contributed by atoms with E-state index in [1.807, 2.05) is 19.2 Å². The van der Waals surface area contributed by atoms with Gasteiger partial charge >= 0.3 is 5.76 Å². The van der Waals surface area contributed by atoms with Crippen LogP contribution in [-0.4, -0.2) is 11.6 Å². The highest BCUT2D eigenvalue weighted by molar-refractivity contribution is 5.74. The molecule has 1 aromatic heterocycles. The molecule has 2 aromatic rings. The molecule has 1 unspecified atom stereocenters. The number of rotatable bonds is 6. The van der Waals surface area contributed by atoms with Gasteiger partial charge < -0.3 is 9.73 Å². The third-order valence-electron chi connectivity index (χ3n) is 4.16. The fourth-order valence-corrected chi connectivity index (χ4v) is 2.84. The van der Waals surface area contributed by atoms with Gasteiger partial charge in [0.05, 0.1) is 5.52 Å². The van der Waals surface area contributed by atoms with E-state index in [4.69, 9.17) is 4.42 Å². The monoisotopic (exact) mass is 274 g/mol. The number of aryl methyl sites for hydroxylation is 1. The first kappa shape index (κ1) is 13.4. The smallest absolute Gasteiger partial charge is 0.408 e. The Morgan fingerprint density at radius 3 is 2.90 bits per heavy atom. The number of fused-ring (bicyclic) bond motifs is 1. The van der Waals surface area contributed by atoms with Gasteiger partial charge in [0.25, 0.3) is 0 Å². The Bertz CT molecular complexity index is 652. The van der Waals surface area contributed by atoms with E-state index in [0.29, 0.717) is 18.2 Å². The molecule has 0 saturated heterocycles. The van der Waals surface area contributed by atoms with E-state index in [-0.39, 0.29) is 5.76 Å². The summed E-state index contributed by atoms with van der Waals surface area (Å²) >= 11 is 0. The number of oxazole rings is 1. The van der Waals surface area contributed by atoms with Crippen LogP contribution in [0.2, 0.25) is 0 Å². The van der Waals surface area contributed by atoms with Crippen molar-refractivity contribution in [2.75, 3.05) is 7.05 Å². The zero-order valence-corrected chi connectivity index (χ0v) is 12.2. The van der Waals surface area contributed by atoms with E-state index < -0.39 is 0 Å². The summed E-state index contributed by atoms with van der Waals surface area (Å²) in [6, 6.07) is 6.51. The molecular formula is C16H22N2O2. The van der Waals surface area contributed by atoms with Crippen molar-refractivity contribution in [3.05, 3.63) is 34.3 Å². The fraction of sp³-hybridized carbons (Fsp3) is 0.562. The van der Waals surface area contributed by atoms with E-state index in [0.717, 1.165) is 17.9 Å². The standard InChI is InChI=1S/C16H22N2O2/c1-3-8-18-14-7-6-12(10-15(14)20-16(18)19)13(17-2)9-11-4-5-11/h6-7,10-11,13,17H,3-5,8-9H2,1-2H3. The van der Waals surface area contributed by atoms with E-state index in [2.05, 4.69) is 18.3 Å². The van der Waals surface area contributed by atoms with E-state index >= 15 is 0 Å². The summed E-state index contributed by atoms with van der Waals surface area (Å²) < 4.78 is 7.10. The molecule has 108 valence electrons. The molecule has 1 fully saturated rings. The van der Waals surface area contributed by atoms with Crippen LogP contribution in [0.4, 0.5) is 0 Å². The lowest BCUT2D eigenvalue weighted by Gasteiger charge is -2.16. The quantitative estimate of drug-likeness (QED) is 0.880. The molecular weight excluding hydrogens is 252 g/mol. The van der Waals surface area contributed by atoms with E-state index in [9.17, 15) is 4.79 Å². The Kier molecular flexibility index (Phi) is 3.66. The molecule has 0 radical (unpaired) electrons. The first-order valence-corrected chi connectivity index (χ1v) is 7.53. The Morgan fingerprint density at radius 2 is 2.25 bits per heavy atom. The second-order valence-electron chi connectivity index (χ2n) is 5.77. The molecule has 1 aliphatic rings. The van der Waals surface area contributed by atoms with Crippen LogP contribution in [0.15, 0.2) is 27.4 Å². The topological polar surface area (TPSA) is 47.2 Å². The van der Waals surface area contributed by atoms with Crippen LogP contribution < -0.4 is 11.1 Å². The average molecular weight is 274 g/mol. The summed E-state index contributed by atoms with van der Waals surface area (Å²) in [5.74, 6) is 0.613. The highest BCUT2D eigenvalue weighted by Gasteiger charge is 2.26. The average Bonchev–Trinajstić information content (AvgIpc) is 3.21. The SMILES string of the molecule is CCCn1c(=O)oc2cc(C(CC3CC3)NC)ccc21. The van der Waals surface area contributed by atoms with Crippen LogP contribution in [0.5, 0.6) is 0 Å². The maximum atomic E-state index is 11.8. The van der Waals surface area contributed by atoms with Crippen molar-refractivity contribution in [1.82, 2.24) is 9.88 Å². The lowest BCUT2D eigenvalue weighted by molar-refractivity contribution is 0.499. The van der Waals surface area contributed by atoms with Gasteiger partial charge in [-0.25, -0.2) is 4.79 Å². The van der Waals surface area contributed by atoms with Crippen molar-refractivity contribution in [3.8, 4) is 0 Å². The second kappa shape index (κ2) is 5.44. The Balaban J connectivity index is 1.95. The molecule has 20 heavy (non-hydrogen) atoms. The summed E-state index contributed by atoms with van der Waals surface area (Å²) in [5, 5.41) is 3.37. The highest BCUT2D eigenvalue weighted by atomic mass is 16.4. The molecule has 0 amide bonds. The lowest BCUT2D eigenvalue weighted by Crippen LogP contribution is -2.17. The van der Waals surface area contributed by atoms with Gasteiger partial charge in [-0.2, -0.15) is 0 Å². The van der Waals surface area contributed by atoms with Crippen LogP contribution in [-0.2, 0) is 6.54 Å². The number of benzene rings is 1. The first-order valence-electron chi connectivity index (χ1n) is 7.53.